The molecule has 0 aliphatic rings. The number of anilines is 1. The zero-order valence-electron chi connectivity index (χ0n) is 8.36. The second kappa shape index (κ2) is 4.45. The number of primary amides is 1. The number of nitrogen functional groups attached to an aromatic ring is 1. The first-order valence-electron chi connectivity index (χ1n) is 4.47. The predicted octanol–water partition coefficient (Wildman–Crippen LogP) is -0.128. The van der Waals surface area contributed by atoms with Gasteiger partial charge in [0.2, 0.25) is 5.91 Å². The van der Waals surface area contributed by atoms with Gasteiger partial charge in [0.15, 0.2) is 0 Å². The van der Waals surface area contributed by atoms with Crippen molar-refractivity contribution >= 4 is 17.5 Å². The average molecular weight is 207 g/mol. The number of para-hydroxylation sites is 1. The van der Waals surface area contributed by atoms with E-state index in [-0.39, 0.29) is 0 Å². The molecule has 0 fully saturated rings. The molecule has 1 aromatic rings. The number of hydrogen-bond acceptors (Lipinski definition) is 3. The standard InChI is InChI=1S/C10H13N3O2/c1-6(9(12)14)13-10(15)7-4-2-3-5-8(7)11/h2-6H,11H2,1H3,(H2,12,14)(H,13,15). The van der Waals surface area contributed by atoms with Crippen molar-refractivity contribution in [3.8, 4) is 0 Å². The minimum Gasteiger partial charge on any atom is -0.398 e. The fourth-order valence-electron chi connectivity index (χ4n) is 1.05. The van der Waals surface area contributed by atoms with Gasteiger partial charge in [-0.15, -0.1) is 0 Å². The summed E-state index contributed by atoms with van der Waals surface area (Å²) in [6, 6.07) is 5.91. The Bertz CT molecular complexity index is 390. The van der Waals surface area contributed by atoms with Crippen molar-refractivity contribution in [2.75, 3.05) is 5.73 Å². The van der Waals surface area contributed by atoms with E-state index in [0.717, 1.165) is 0 Å². The van der Waals surface area contributed by atoms with E-state index < -0.39 is 17.9 Å². The quantitative estimate of drug-likeness (QED) is 0.602. The lowest BCUT2D eigenvalue weighted by atomic mass is 10.1. The number of carbonyl (C=O) groups is 2. The zero-order chi connectivity index (χ0) is 11.4. The maximum Gasteiger partial charge on any atom is 0.254 e. The van der Waals surface area contributed by atoms with Crippen molar-refractivity contribution < 1.29 is 9.59 Å². The molecule has 0 heterocycles. The molecule has 0 saturated heterocycles. The van der Waals surface area contributed by atoms with Gasteiger partial charge in [0.25, 0.3) is 5.91 Å². The van der Waals surface area contributed by atoms with Crippen LogP contribution in [0.15, 0.2) is 24.3 Å². The smallest absolute Gasteiger partial charge is 0.254 e. The van der Waals surface area contributed by atoms with Crippen molar-refractivity contribution in [2.45, 2.75) is 13.0 Å². The number of hydrogen-bond donors (Lipinski definition) is 3. The van der Waals surface area contributed by atoms with E-state index >= 15 is 0 Å². The van der Waals surface area contributed by atoms with E-state index in [0.29, 0.717) is 11.3 Å². The summed E-state index contributed by atoms with van der Waals surface area (Å²) in [5.41, 5.74) is 11.3. The zero-order valence-corrected chi connectivity index (χ0v) is 8.36. The number of rotatable bonds is 3. The van der Waals surface area contributed by atoms with Crippen molar-refractivity contribution in [1.29, 1.82) is 0 Å². The Morgan fingerprint density at radius 3 is 2.47 bits per heavy atom. The van der Waals surface area contributed by atoms with E-state index in [1.165, 1.54) is 6.92 Å². The molecule has 0 saturated carbocycles. The van der Waals surface area contributed by atoms with Crippen LogP contribution in [0.2, 0.25) is 0 Å². The second-order valence-corrected chi connectivity index (χ2v) is 3.18. The summed E-state index contributed by atoms with van der Waals surface area (Å²) >= 11 is 0. The van der Waals surface area contributed by atoms with E-state index in [4.69, 9.17) is 11.5 Å². The molecule has 0 aromatic heterocycles. The number of nitrogens with two attached hydrogens (primary N) is 2. The molecule has 0 radical (unpaired) electrons. The van der Waals surface area contributed by atoms with E-state index in [2.05, 4.69) is 5.32 Å². The monoisotopic (exact) mass is 207 g/mol. The Morgan fingerprint density at radius 2 is 1.93 bits per heavy atom. The molecule has 1 rings (SSSR count). The molecule has 0 aliphatic heterocycles. The molecule has 0 aliphatic carbocycles. The summed E-state index contributed by atoms with van der Waals surface area (Å²) in [5, 5.41) is 2.44. The number of benzene rings is 1. The van der Waals surface area contributed by atoms with Crippen LogP contribution in [0, 0.1) is 0 Å². The average Bonchev–Trinajstić information content (AvgIpc) is 2.18. The predicted molar refractivity (Wildman–Crippen MR) is 57.0 cm³/mol. The molecule has 5 N–H and O–H groups in total. The van der Waals surface area contributed by atoms with Gasteiger partial charge in [-0.3, -0.25) is 9.59 Å². The summed E-state index contributed by atoms with van der Waals surface area (Å²) in [5.74, 6) is -0.989. The Kier molecular flexibility index (Phi) is 3.28. The second-order valence-electron chi connectivity index (χ2n) is 3.18. The van der Waals surface area contributed by atoms with Gasteiger partial charge < -0.3 is 16.8 Å². The molecule has 0 spiro atoms. The Labute approximate surface area is 87.4 Å². The van der Waals surface area contributed by atoms with Crippen LogP contribution in [0.25, 0.3) is 0 Å². The lowest BCUT2D eigenvalue weighted by molar-refractivity contribution is -0.119. The van der Waals surface area contributed by atoms with Crippen LogP contribution in [0.4, 0.5) is 5.69 Å². The highest BCUT2D eigenvalue weighted by Crippen LogP contribution is 2.09. The van der Waals surface area contributed by atoms with Gasteiger partial charge in [-0.05, 0) is 19.1 Å². The summed E-state index contributed by atoms with van der Waals surface area (Å²) in [7, 11) is 0. The fourth-order valence-corrected chi connectivity index (χ4v) is 1.05. The van der Waals surface area contributed by atoms with Crippen molar-refractivity contribution in [3.63, 3.8) is 0 Å². The first-order valence-corrected chi connectivity index (χ1v) is 4.47. The third-order valence-electron chi connectivity index (χ3n) is 1.98. The summed E-state index contributed by atoms with van der Waals surface area (Å²) in [6.07, 6.45) is 0. The Balaban J connectivity index is 2.78. The third-order valence-corrected chi connectivity index (χ3v) is 1.98. The van der Waals surface area contributed by atoms with Crippen molar-refractivity contribution in [3.05, 3.63) is 29.8 Å². The third kappa shape index (κ3) is 2.70. The maximum atomic E-state index is 11.6. The lowest BCUT2D eigenvalue weighted by Gasteiger charge is -2.11. The van der Waals surface area contributed by atoms with E-state index in [1.807, 2.05) is 0 Å². The molecule has 0 bridgehead atoms. The minimum atomic E-state index is -0.711. The van der Waals surface area contributed by atoms with Crippen LogP contribution < -0.4 is 16.8 Å². The SMILES string of the molecule is CC(NC(=O)c1ccccc1N)C(N)=O. The van der Waals surface area contributed by atoms with Crippen LogP contribution in [0.1, 0.15) is 17.3 Å². The largest absolute Gasteiger partial charge is 0.398 e. The molecular weight excluding hydrogens is 194 g/mol. The van der Waals surface area contributed by atoms with Gasteiger partial charge in [-0.25, -0.2) is 0 Å². The molecular formula is C10H13N3O2. The van der Waals surface area contributed by atoms with Gasteiger partial charge in [-0.1, -0.05) is 12.1 Å². The van der Waals surface area contributed by atoms with Crippen LogP contribution >= 0.6 is 0 Å². The van der Waals surface area contributed by atoms with Crippen LogP contribution in [-0.4, -0.2) is 17.9 Å². The fraction of sp³-hybridized carbons (Fsp3) is 0.200. The molecule has 80 valence electrons. The number of nitrogens with one attached hydrogen (secondary N) is 1. The highest BCUT2D eigenvalue weighted by molar-refractivity contribution is 6.01. The number of carbonyl (C=O) groups excluding carboxylic acids is 2. The minimum absolute atomic E-state index is 0.339. The summed E-state index contributed by atoms with van der Waals surface area (Å²) in [6.45, 7) is 1.51. The highest BCUT2D eigenvalue weighted by Gasteiger charge is 2.14. The van der Waals surface area contributed by atoms with Gasteiger partial charge in [0.1, 0.15) is 6.04 Å². The first-order chi connectivity index (χ1) is 7.02. The lowest BCUT2D eigenvalue weighted by Crippen LogP contribution is -2.42. The van der Waals surface area contributed by atoms with Gasteiger partial charge in [0.05, 0.1) is 5.56 Å². The van der Waals surface area contributed by atoms with Crippen LogP contribution in [0.3, 0.4) is 0 Å². The normalized spacial score (nSPS) is 11.8. The molecule has 1 aromatic carbocycles. The Morgan fingerprint density at radius 1 is 1.33 bits per heavy atom. The molecule has 1 unspecified atom stereocenters. The Hall–Kier alpha value is -2.04. The highest BCUT2D eigenvalue weighted by atomic mass is 16.2. The molecule has 2 amide bonds. The maximum absolute atomic E-state index is 11.6. The molecule has 15 heavy (non-hydrogen) atoms. The van der Waals surface area contributed by atoms with E-state index in [1.54, 1.807) is 24.3 Å². The van der Waals surface area contributed by atoms with Crippen LogP contribution in [-0.2, 0) is 4.79 Å². The van der Waals surface area contributed by atoms with Gasteiger partial charge in [0, 0.05) is 5.69 Å². The molecule has 5 nitrogen and oxygen atoms in total. The van der Waals surface area contributed by atoms with Gasteiger partial charge >= 0.3 is 0 Å². The van der Waals surface area contributed by atoms with Crippen molar-refractivity contribution in [2.24, 2.45) is 5.73 Å². The van der Waals surface area contributed by atoms with Crippen molar-refractivity contribution in [1.82, 2.24) is 5.32 Å². The molecule has 5 heteroatoms. The summed E-state index contributed by atoms with van der Waals surface area (Å²) in [4.78, 5) is 22.3. The molecule has 1 atom stereocenters. The first kappa shape index (κ1) is 11.0. The number of amides is 2. The van der Waals surface area contributed by atoms with Crippen LogP contribution in [0.5, 0.6) is 0 Å². The van der Waals surface area contributed by atoms with E-state index in [9.17, 15) is 9.59 Å². The van der Waals surface area contributed by atoms with Gasteiger partial charge in [-0.2, -0.15) is 0 Å². The summed E-state index contributed by atoms with van der Waals surface area (Å²) < 4.78 is 0. The topological polar surface area (TPSA) is 98.2 Å².